The third-order valence-electron chi connectivity index (χ3n) is 6.33. The molecule has 0 spiro atoms. The van der Waals surface area contributed by atoms with Crippen LogP contribution in [-0.4, -0.2) is 18.1 Å². The molecule has 0 radical (unpaired) electrons. The maximum atomic E-state index is 14.2. The summed E-state index contributed by atoms with van der Waals surface area (Å²) in [6.07, 6.45) is 8.89. The minimum Gasteiger partial charge on any atom is -0.501 e. The second-order valence-corrected chi connectivity index (χ2v) is 8.14. The third-order valence-corrected chi connectivity index (χ3v) is 6.33. The molecule has 3 nitrogen and oxygen atoms in total. The zero-order valence-corrected chi connectivity index (χ0v) is 16.8. The van der Waals surface area contributed by atoms with Gasteiger partial charge in [0.1, 0.15) is 5.82 Å². The van der Waals surface area contributed by atoms with Crippen LogP contribution in [0.4, 0.5) is 10.1 Å². The lowest BCUT2D eigenvalue weighted by atomic mass is 9.80. The standard InChI is InChI=1S/C24H29FN2O/c1-16-9-11-22(26-15-16)24-14-20(17(2)28-3)21-13-18(25)10-12-23(21)27(24)19-7-5-4-6-8-19/h9-13,15,19-20,24H,2,4-8,14H2,1,3H3. The quantitative estimate of drug-likeness (QED) is 0.603. The number of rotatable bonds is 4. The molecule has 1 aromatic heterocycles. The first kappa shape index (κ1) is 19.0. The molecule has 0 amide bonds. The van der Waals surface area contributed by atoms with E-state index in [1.807, 2.05) is 12.3 Å². The first-order chi connectivity index (χ1) is 13.6. The Morgan fingerprint density at radius 1 is 1.18 bits per heavy atom. The summed E-state index contributed by atoms with van der Waals surface area (Å²) >= 11 is 0. The Hall–Kier alpha value is -2.36. The van der Waals surface area contributed by atoms with Crippen LogP contribution in [0.1, 0.15) is 67.3 Å². The van der Waals surface area contributed by atoms with Gasteiger partial charge in [0, 0.05) is 23.8 Å². The van der Waals surface area contributed by atoms with Crippen molar-refractivity contribution in [3.05, 3.63) is 71.5 Å². The molecule has 0 bridgehead atoms. The second-order valence-electron chi connectivity index (χ2n) is 8.14. The number of pyridine rings is 1. The number of aryl methyl sites for hydroxylation is 1. The van der Waals surface area contributed by atoms with Crippen LogP contribution >= 0.6 is 0 Å². The lowest BCUT2D eigenvalue weighted by molar-refractivity contribution is 0.250. The Balaban J connectivity index is 1.84. The Labute approximate surface area is 167 Å². The van der Waals surface area contributed by atoms with Crippen molar-refractivity contribution in [3.8, 4) is 0 Å². The van der Waals surface area contributed by atoms with Crippen LogP contribution in [0.15, 0.2) is 48.9 Å². The lowest BCUT2D eigenvalue weighted by Crippen LogP contribution is -2.44. The van der Waals surface area contributed by atoms with E-state index in [1.54, 1.807) is 19.2 Å². The van der Waals surface area contributed by atoms with E-state index in [4.69, 9.17) is 9.72 Å². The molecular formula is C24H29FN2O. The van der Waals surface area contributed by atoms with Crippen molar-refractivity contribution in [1.82, 2.24) is 4.98 Å². The minimum absolute atomic E-state index is 0.0383. The fraction of sp³-hybridized carbons (Fsp3) is 0.458. The Kier molecular flexibility index (Phi) is 5.38. The van der Waals surface area contributed by atoms with Gasteiger partial charge in [-0.1, -0.05) is 31.9 Å². The van der Waals surface area contributed by atoms with Crippen molar-refractivity contribution in [2.75, 3.05) is 12.0 Å². The van der Waals surface area contributed by atoms with Crippen LogP contribution in [0.25, 0.3) is 0 Å². The summed E-state index contributed by atoms with van der Waals surface area (Å²) < 4.78 is 19.7. The monoisotopic (exact) mass is 380 g/mol. The molecule has 4 heteroatoms. The number of hydrogen-bond acceptors (Lipinski definition) is 3. The van der Waals surface area contributed by atoms with Crippen molar-refractivity contribution in [3.63, 3.8) is 0 Å². The van der Waals surface area contributed by atoms with E-state index in [1.165, 1.54) is 32.1 Å². The Bertz CT molecular complexity index is 842. The van der Waals surface area contributed by atoms with Crippen LogP contribution in [0, 0.1) is 12.7 Å². The van der Waals surface area contributed by atoms with Crippen molar-refractivity contribution in [1.29, 1.82) is 0 Å². The molecule has 2 heterocycles. The van der Waals surface area contributed by atoms with Gasteiger partial charge in [0.2, 0.25) is 0 Å². The van der Waals surface area contributed by atoms with E-state index in [2.05, 4.69) is 30.5 Å². The van der Waals surface area contributed by atoms with Gasteiger partial charge < -0.3 is 9.64 Å². The number of ether oxygens (including phenoxy) is 1. The fourth-order valence-corrected chi connectivity index (χ4v) is 4.87. The number of benzene rings is 1. The average molecular weight is 381 g/mol. The van der Waals surface area contributed by atoms with Crippen LogP contribution in [-0.2, 0) is 4.74 Å². The summed E-state index contributed by atoms with van der Waals surface area (Å²) in [4.78, 5) is 7.29. The van der Waals surface area contributed by atoms with Crippen LogP contribution < -0.4 is 4.90 Å². The maximum absolute atomic E-state index is 14.2. The normalized spacial score (nSPS) is 22.6. The van der Waals surface area contributed by atoms with Gasteiger partial charge in [-0.25, -0.2) is 4.39 Å². The molecular weight excluding hydrogens is 351 g/mol. The zero-order chi connectivity index (χ0) is 19.7. The van der Waals surface area contributed by atoms with E-state index >= 15 is 0 Å². The highest BCUT2D eigenvalue weighted by atomic mass is 19.1. The molecule has 1 saturated carbocycles. The largest absolute Gasteiger partial charge is 0.501 e. The average Bonchev–Trinajstić information content (AvgIpc) is 2.73. The van der Waals surface area contributed by atoms with Crippen molar-refractivity contribution >= 4 is 5.69 Å². The summed E-state index contributed by atoms with van der Waals surface area (Å²) in [5.74, 6) is 0.444. The van der Waals surface area contributed by atoms with E-state index < -0.39 is 0 Å². The number of aromatic nitrogens is 1. The predicted octanol–water partition coefficient (Wildman–Crippen LogP) is 6.06. The maximum Gasteiger partial charge on any atom is 0.123 e. The van der Waals surface area contributed by atoms with Crippen molar-refractivity contribution < 1.29 is 9.13 Å². The molecule has 148 valence electrons. The first-order valence-electron chi connectivity index (χ1n) is 10.3. The summed E-state index contributed by atoms with van der Waals surface area (Å²) in [5, 5.41) is 0. The number of hydrogen-bond donors (Lipinski definition) is 0. The molecule has 1 aromatic carbocycles. The topological polar surface area (TPSA) is 25.4 Å². The van der Waals surface area contributed by atoms with Crippen molar-refractivity contribution in [2.24, 2.45) is 0 Å². The molecule has 0 N–H and O–H groups in total. The van der Waals surface area contributed by atoms with Gasteiger partial charge in [-0.05, 0) is 61.6 Å². The highest BCUT2D eigenvalue weighted by Crippen LogP contribution is 2.49. The highest BCUT2D eigenvalue weighted by molar-refractivity contribution is 5.61. The molecule has 28 heavy (non-hydrogen) atoms. The number of nitrogens with zero attached hydrogens (tertiary/aromatic N) is 2. The fourth-order valence-electron chi connectivity index (χ4n) is 4.87. The smallest absolute Gasteiger partial charge is 0.123 e. The van der Waals surface area contributed by atoms with Gasteiger partial charge in [0.15, 0.2) is 0 Å². The zero-order valence-electron chi connectivity index (χ0n) is 16.8. The van der Waals surface area contributed by atoms with Crippen molar-refractivity contribution in [2.45, 2.75) is 63.5 Å². The number of fused-ring (bicyclic) bond motifs is 1. The highest BCUT2D eigenvalue weighted by Gasteiger charge is 2.39. The van der Waals surface area contributed by atoms with Gasteiger partial charge in [0.05, 0.1) is 24.6 Å². The van der Waals surface area contributed by atoms with Crippen LogP contribution in [0.2, 0.25) is 0 Å². The number of halogens is 1. The lowest BCUT2D eigenvalue weighted by Gasteiger charge is -2.47. The van der Waals surface area contributed by atoms with E-state index in [-0.39, 0.29) is 17.8 Å². The summed E-state index contributed by atoms with van der Waals surface area (Å²) in [5.41, 5.74) is 4.32. The second kappa shape index (κ2) is 7.94. The SMILES string of the molecule is C=C(OC)C1CC(c2ccc(C)cn2)N(C2CCCCC2)c2ccc(F)cc21. The Morgan fingerprint density at radius 2 is 1.96 bits per heavy atom. The Morgan fingerprint density at radius 3 is 2.64 bits per heavy atom. The minimum atomic E-state index is -0.205. The summed E-state index contributed by atoms with van der Waals surface area (Å²) in [7, 11) is 1.65. The van der Waals surface area contributed by atoms with Gasteiger partial charge in [-0.15, -0.1) is 0 Å². The third kappa shape index (κ3) is 3.52. The molecule has 0 saturated heterocycles. The van der Waals surface area contributed by atoms with Crippen LogP contribution in [0.5, 0.6) is 0 Å². The van der Waals surface area contributed by atoms with Gasteiger partial charge in [-0.2, -0.15) is 0 Å². The number of methoxy groups -OCH3 is 1. The van der Waals surface area contributed by atoms with Gasteiger partial charge >= 0.3 is 0 Å². The number of anilines is 1. The molecule has 2 unspecified atom stereocenters. The van der Waals surface area contributed by atoms with Gasteiger partial charge in [0.25, 0.3) is 0 Å². The van der Waals surface area contributed by atoms with Gasteiger partial charge in [-0.3, -0.25) is 4.98 Å². The number of allylic oxidation sites excluding steroid dienone is 1. The summed E-state index contributed by atoms with van der Waals surface area (Å²) in [6, 6.07) is 10.0. The molecule has 2 aromatic rings. The van der Waals surface area contributed by atoms with E-state index in [0.29, 0.717) is 11.8 Å². The molecule has 1 fully saturated rings. The van der Waals surface area contributed by atoms with E-state index in [9.17, 15) is 4.39 Å². The molecule has 1 aliphatic heterocycles. The molecule has 1 aliphatic carbocycles. The molecule has 2 aliphatic rings. The van der Waals surface area contributed by atoms with E-state index in [0.717, 1.165) is 28.9 Å². The van der Waals surface area contributed by atoms with Crippen LogP contribution in [0.3, 0.4) is 0 Å². The predicted molar refractivity (Wildman–Crippen MR) is 111 cm³/mol. The first-order valence-corrected chi connectivity index (χ1v) is 10.3. The summed E-state index contributed by atoms with van der Waals surface area (Å²) in [6.45, 7) is 6.18. The molecule has 4 rings (SSSR count). The molecule has 2 atom stereocenters.